The Morgan fingerprint density at radius 1 is 1.04 bits per heavy atom. The average Bonchev–Trinajstić information content (AvgIpc) is 3.39. The fourth-order valence-electron chi connectivity index (χ4n) is 10.8. The van der Waals surface area contributed by atoms with E-state index in [0.717, 1.165) is 31.3 Å². The average molecular weight is 679 g/mol. The molecule has 4 rings (SSSR count). The van der Waals surface area contributed by atoms with Crippen LogP contribution in [0.25, 0.3) is 0 Å². The highest BCUT2D eigenvalue weighted by atomic mass is 16.7. The van der Waals surface area contributed by atoms with Gasteiger partial charge in [-0.25, -0.2) is 0 Å². The van der Waals surface area contributed by atoms with Crippen molar-refractivity contribution in [1.82, 2.24) is 0 Å². The van der Waals surface area contributed by atoms with Crippen molar-refractivity contribution < 1.29 is 44.2 Å². The first kappa shape index (κ1) is 39.5. The first-order valence-corrected chi connectivity index (χ1v) is 18.3. The monoisotopic (exact) mass is 678 g/mol. The summed E-state index contributed by atoms with van der Waals surface area (Å²) in [7, 11) is 1.67. The third kappa shape index (κ3) is 7.08. The lowest BCUT2D eigenvalue weighted by Gasteiger charge is -2.68. The van der Waals surface area contributed by atoms with Gasteiger partial charge in [0.1, 0.15) is 18.3 Å². The molecule has 1 aliphatic heterocycles. The molecule has 9 heteroatoms. The van der Waals surface area contributed by atoms with Crippen molar-refractivity contribution in [1.29, 1.82) is 0 Å². The van der Waals surface area contributed by atoms with Crippen LogP contribution in [0.3, 0.4) is 0 Å². The fraction of sp³-hybridized carbons (Fsp3) is 0.872. The first-order valence-electron chi connectivity index (χ1n) is 18.3. The molecule has 3 aliphatic carbocycles. The lowest BCUT2D eigenvalue weighted by Crippen LogP contribution is -2.65. The Balaban J connectivity index is 1.79. The van der Waals surface area contributed by atoms with E-state index in [0.29, 0.717) is 32.3 Å². The third-order valence-electron chi connectivity index (χ3n) is 13.9. The third-order valence-corrected chi connectivity index (χ3v) is 13.9. The molecule has 14 unspecified atom stereocenters. The van der Waals surface area contributed by atoms with Gasteiger partial charge in [-0.15, -0.1) is 0 Å². The minimum absolute atomic E-state index is 0.0802. The number of aliphatic hydroxyl groups is 4. The van der Waals surface area contributed by atoms with Crippen molar-refractivity contribution in [2.24, 2.45) is 39.9 Å². The number of aliphatic hydroxyl groups excluding tert-OH is 3. The van der Waals surface area contributed by atoms with Gasteiger partial charge in [0.2, 0.25) is 0 Å². The number of hydrogen-bond acceptors (Lipinski definition) is 9. The SMILES string of the molecule is C=C(C)C1CCC2(C)C(CC(OC3OC(C)C(O)C(O)C3O)C3C(C(C)(O)CC=CC(C)(C)OC)CCC32C)C1(C)CCC(=O)OCC. The molecule has 0 amide bonds. The number of rotatable bonds is 12. The van der Waals surface area contributed by atoms with Crippen LogP contribution in [-0.4, -0.2) is 88.1 Å². The minimum Gasteiger partial charge on any atom is -0.466 e. The zero-order valence-electron chi connectivity index (χ0n) is 31.3. The van der Waals surface area contributed by atoms with Gasteiger partial charge in [-0.05, 0) is 126 Å². The lowest BCUT2D eigenvalue weighted by atomic mass is 9.37. The lowest BCUT2D eigenvalue weighted by molar-refractivity contribution is -0.327. The van der Waals surface area contributed by atoms with Gasteiger partial charge in [0.25, 0.3) is 0 Å². The van der Waals surface area contributed by atoms with E-state index < -0.39 is 48.0 Å². The smallest absolute Gasteiger partial charge is 0.305 e. The van der Waals surface area contributed by atoms with E-state index in [9.17, 15) is 25.2 Å². The Hall–Kier alpha value is -1.33. The van der Waals surface area contributed by atoms with Gasteiger partial charge in [-0.3, -0.25) is 4.79 Å². The summed E-state index contributed by atoms with van der Waals surface area (Å²) in [4.78, 5) is 12.8. The van der Waals surface area contributed by atoms with Crippen molar-refractivity contribution in [2.75, 3.05) is 13.7 Å². The summed E-state index contributed by atoms with van der Waals surface area (Å²) in [6.45, 7) is 23.4. The summed E-state index contributed by atoms with van der Waals surface area (Å²) in [6.07, 6.45) is 3.37. The summed E-state index contributed by atoms with van der Waals surface area (Å²) in [5.41, 5.74) is -1.07. The quantitative estimate of drug-likeness (QED) is 0.116. The topological polar surface area (TPSA) is 135 Å². The predicted octanol–water partition coefficient (Wildman–Crippen LogP) is 5.72. The van der Waals surface area contributed by atoms with Crippen molar-refractivity contribution in [3.8, 4) is 0 Å². The van der Waals surface area contributed by atoms with Gasteiger partial charge in [-0.2, -0.15) is 0 Å². The van der Waals surface area contributed by atoms with Crippen molar-refractivity contribution in [3.05, 3.63) is 24.3 Å². The van der Waals surface area contributed by atoms with Crippen molar-refractivity contribution in [2.45, 2.75) is 162 Å². The Bertz CT molecular complexity index is 1180. The van der Waals surface area contributed by atoms with Crippen LogP contribution in [0.4, 0.5) is 0 Å². The first-order chi connectivity index (χ1) is 22.2. The second kappa shape index (κ2) is 14.4. The number of hydrogen-bond donors (Lipinski definition) is 4. The molecule has 1 heterocycles. The summed E-state index contributed by atoms with van der Waals surface area (Å²) >= 11 is 0. The van der Waals surface area contributed by atoms with Crippen molar-refractivity contribution >= 4 is 5.97 Å². The molecule has 4 N–H and O–H groups in total. The molecule has 14 atom stereocenters. The summed E-state index contributed by atoms with van der Waals surface area (Å²) in [6, 6.07) is 0. The Morgan fingerprint density at radius 3 is 2.29 bits per heavy atom. The minimum atomic E-state index is -1.43. The molecule has 4 fully saturated rings. The maximum atomic E-state index is 12.8. The highest BCUT2D eigenvalue weighted by molar-refractivity contribution is 5.69. The van der Waals surface area contributed by atoms with Crippen LogP contribution in [0.15, 0.2) is 24.3 Å². The molecule has 9 nitrogen and oxygen atoms in total. The predicted molar refractivity (Wildman–Crippen MR) is 185 cm³/mol. The molecule has 0 aromatic carbocycles. The highest BCUT2D eigenvalue weighted by Crippen LogP contribution is 2.74. The summed E-state index contributed by atoms with van der Waals surface area (Å²) in [5, 5.41) is 44.5. The molecule has 0 aromatic heterocycles. The van der Waals surface area contributed by atoms with E-state index in [1.807, 2.05) is 39.8 Å². The molecular weight excluding hydrogens is 612 g/mol. The molecule has 0 bridgehead atoms. The molecule has 0 spiro atoms. The van der Waals surface area contributed by atoms with E-state index in [2.05, 4.69) is 34.3 Å². The van der Waals surface area contributed by atoms with Crippen LogP contribution in [0.1, 0.15) is 114 Å². The maximum absolute atomic E-state index is 12.8. The Kier molecular flexibility index (Phi) is 11.8. The molecule has 3 saturated carbocycles. The van der Waals surface area contributed by atoms with E-state index in [-0.39, 0.29) is 45.9 Å². The Morgan fingerprint density at radius 2 is 1.69 bits per heavy atom. The van der Waals surface area contributed by atoms with Crippen molar-refractivity contribution in [3.63, 3.8) is 0 Å². The molecule has 276 valence electrons. The second-order valence-corrected chi connectivity index (χ2v) is 17.2. The van der Waals surface area contributed by atoms with E-state index in [4.69, 9.17) is 18.9 Å². The van der Waals surface area contributed by atoms with Gasteiger partial charge in [-0.1, -0.05) is 45.1 Å². The second-order valence-electron chi connectivity index (χ2n) is 17.2. The zero-order valence-corrected chi connectivity index (χ0v) is 31.3. The standard InChI is InChI=1S/C39H66O9/c1-12-46-29(40)16-19-36(7)25(23(2)3)14-20-37(8)28(36)22-27(48-34-33(43)32(42)31(41)24(4)47-34)30-26(15-21-38(30,37)9)39(10,44)18-13-17-35(5,6)45-11/h13,17,24-28,30-34,41-44H,2,12,14-16,18-22H2,1,3-11H3. The van der Waals surface area contributed by atoms with Gasteiger partial charge >= 0.3 is 5.97 Å². The van der Waals surface area contributed by atoms with Gasteiger partial charge in [0.05, 0.1) is 30.0 Å². The normalized spacial score (nSPS) is 44.5. The van der Waals surface area contributed by atoms with Crippen LogP contribution in [0.5, 0.6) is 0 Å². The number of allylic oxidation sites excluding steroid dienone is 1. The Labute approximate surface area is 289 Å². The molecule has 0 aromatic rings. The number of methoxy groups -OCH3 is 1. The van der Waals surface area contributed by atoms with E-state index in [1.165, 1.54) is 0 Å². The summed E-state index contributed by atoms with van der Waals surface area (Å²) in [5.74, 6) is -0.0572. The largest absolute Gasteiger partial charge is 0.466 e. The van der Waals surface area contributed by atoms with E-state index >= 15 is 0 Å². The molecule has 48 heavy (non-hydrogen) atoms. The zero-order chi connectivity index (χ0) is 36.0. The molecule has 4 aliphatic rings. The molecule has 0 radical (unpaired) electrons. The van der Waals surface area contributed by atoms with Crippen LogP contribution in [0, 0.1) is 39.9 Å². The van der Waals surface area contributed by atoms with Gasteiger partial charge in [0, 0.05) is 13.5 Å². The number of carbonyl (C=O) groups is 1. The summed E-state index contributed by atoms with van der Waals surface area (Å²) < 4.78 is 23.9. The van der Waals surface area contributed by atoms with Crippen LogP contribution in [0.2, 0.25) is 0 Å². The highest BCUT2D eigenvalue weighted by Gasteiger charge is 2.70. The molecule has 1 saturated heterocycles. The van der Waals surface area contributed by atoms with Gasteiger partial charge in [0.15, 0.2) is 6.29 Å². The number of esters is 1. The van der Waals surface area contributed by atoms with Crippen LogP contribution < -0.4 is 0 Å². The number of fused-ring (bicyclic) bond motifs is 3. The number of ether oxygens (including phenoxy) is 4. The van der Waals surface area contributed by atoms with E-state index in [1.54, 1.807) is 14.0 Å². The molecular formula is C39H66O9. The van der Waals surface area contributed by atoms with Gasteiger partial charge < -0.3 is 39.4 Å². The number of carbonyl (C=O) groups excluding carboxylic acids is 1. The van der Waals surface area contributed by atoms with Crippen LogP contribution >= 0.6 is 0 Å². The maximum Gasteiger partial charge on any atom is 0.305 e. The van der Waals surface area contributed by atoms with Crippen LogP contribution in [-0.2, 0) is 23.7 Å². The fourth-order valence-corrected chi connectivity index (χ4v) is 10.8.